The van der Waals surface area contributed by atoms with Gasteiger partial charge in [-0.3, -0.25) is 9.69 Å². The van der Waals surface area contributed by atoms with Gasteiger partial charge in [-0.15, -0.1) is 0 Å². The topological polar surface area (TPSA) is 84.6 Å². The zero-order chi connectivity index (χ0) is 25.1. The van der Waals surface area contributed by atoms with Crippen LogP contribution in [0.1, 0.15) is 11.1 Å². The average molecular weight is 483 g/mol. The zero-order valence-electron chi connectivity index (χ0n) is 21.1. The van der Waals surface area contributed by atoms with Crippen LogP contribution in [0.2, 0.25) is 0 Å². The molecule has 8 nitrogen and oxygen atoms in total. The van der Waals surface area contributed by atoms with Crippen LogP contribution >= 0.6 is 0 Å². The van der Waals surface area contributed by atoms with E-state index in [1.54, 1.807) is 19.2 Å². The fraction of sp³-hybridized carbons (Fsp3) is 0.444. The highest BCUT2D eigenvalue weighted by atomic mass is 16.5. The molecule has 2 aromatic carbocycles. The summed E-state index contributed by atoms with van der Waals surface area (Å²) < 4.78 is 22.8. The largest absolute Gasteiger partial charge is 0.496 e. The third-order valence-corrected chi connectivity index (χ3v) is 6.45. The number of methoxy groups -OCH3 is 2. The molecule has 3 aromatic rings. The molecule has 0 amide bonds. The van der Waals surface area contributed by atoms with E-state index in [4.69, 9.17) is 18.6 Å². The van der Waals surface area contributed by atoms with Crippen LogP contribution in [0.3, 0.4) is 0 Å². The predicted octanol–water partition coefficient (Wildman–Crippen LogP) is 3.08. The maximum atomic E-state index is 12.9. The maximum Gasteiger partial charge on any atom is 0.197 e. The lowest BCUT2D eigenvalue weighted by Crippen LogP contribution is -2.47. The van der Waals surface area contributed by atoms with Gasteiger partial charge in [-0.05, 0) is 44.2 Å². The minimum absolute atomic E-state index is 0.191. The second kappa shape index (κ2) is 10.7. The number of benzene rings is 2. The smallest absolute Gasteiger partial charge is 0.197 e. The van der Waals surface area contributed by atoms with Crippen molar-refractivity contribution in [2.75, 3.05) is 60.6 Å². The Morgan fingerprint density at radius 3 is 2.31 bits per heavy atom. The van der Waals surface area contributed by atoms with Gasteiger partial charge < -0.3 is 28.6 Å². The van der Waals surface area contributed by atoms with E-state index < -0.39 is 6.10 Å². The molecule has 0 spiro atoms. The van der Waals surface area contributed by atoms with Crippen molar-refractivity contribution in [1.29, 1.82) is 0 Å². The molecule has 1 aromatic heterocycles. The quantitative estimate of drug-likeness (QED) is 0.525. The minimum Gasteiger partial charge on any atom is -0.496 e. The first kappa shape index (κ1) is 25.0. The summed E-state index contributed by atoms with van der Waals surface area (Å²) in [6, 6.07) is 8.68. The van der Waals surface area contributed by atoms with E-state index >= 15 is 0 Å². The SMILES string of the molecule is COc1cc(OC)c2c(=O)cc(-c3cc(C)c(OCC(O)CN4CCN(C)CC4)c(C)c3)oc2c1. The number of aryl methyl sites for hydroxylation is 2. The summed E-state index contributed by atoms with van der Waals surface area (Å²) >= 11 is 0. The lowest BCUT2D eigenvalue weighted by Gasteiger charge is -2.33. The Hall–Kier alpha value is -3.07. The van der Waals surface area contributed by atoms with Crippen LogP contribution in [0.4, 0.5) is 0 Å². The summed E-state index contributed by atoms with van der Waals surface area (Å²) in [6.45, 7) is 8.64. The van der Waals surface area contributed by atoms with Gasteiger partial charge in [0.05, 0.1) is 14.2 Å². The fourth-order valence-electron chi connectivity index (χ4n) is 4.53. The standard InChI is InChI=1S/C27H34N2O6/c1-17-10-19(23-14-22(31)26-24(33-5)12-21(32-4)13-25(26)35-23)11-18(2)27(17)34-16-20(30)15-29-8-6-28(3)7-9-29/h10-14,20,30H,6-9,15-16H2,1-5H3. The van der Waals surface area contributed by atoms with Gasteiger partial charge in [0.1, 0.15) is 46.7 Å². The summed E-state index contributed by atoms with van der Waals surface area (Å²) in [7, 11) is 5.17. The molecule has 1 atom stereocenters. The first-order chi connectivity index (χ1) is 16.8. The third kappa shape index (κ3) is 5.61. The number of hydrogen-bond donors (Lipinski definition) is 1. The molecule has 1 aliphatic rings. The van der Waals surface area contributed by atoms with Gasteiger partial charge in [-0.2, -0.15) is 0 Å². The number of nitrogens with zero attached hydrogens (tertiary/aromatic N) is 2. The van der Waals surface area contributed by atoms with Crippen LogP contribution in [0.25, 0.3) is 22.3 Å². The van der Waals surface area contributed by atoms with Gasteiger partial charge in [0.25, 0.3) is 0 Å². The van der Waals surface area contributed by atoms with Crippen molar-refractivity contribution in [3.8, 4) is 28.6 Å². The first-order valence-electron chi connectivity index (χ1n) is 11.8. The molecule has 4 rings (SSSR count). The molecule has 1 N–H and O–H groups in total. The predicted molar refractivity (Wildman–Crippen MR) is 136 cm³/mol. The molecule has 1 fully saturated rings. The highest BCUT2D eigenvalue weighted by molar-refractivity contribution is 5.86. The number of aliphatic hydroxyl groups is 1. The van der Waals surface area contributed by atoms with E-state index in [0.717, 1.165) is 48.6 Å². The number of rotatable bonds is 8. The molecule has 0 saturated carbocycles. The van der Waals surface area contributed by atoms with Gasteiger partial charge in [0.15, 0.2) is 5.43 Å². The summed E-state index contributed by atoms with van der Waals surface area (Å²) in [4.78, 5) is 17.5. The van der Waals surface area contributed by atoms with Crippen molar-refractivity contribution >= 4 is 11.0 Å². The van der Waals surface area contributed by atoms with Crippen LogP contribution in [0, 0.1) is 13.8 Å². The van der Waals surface area contributed by atoms with Gasteiger partial charge >= 0.3 is 0 Å². The van der Waals surface area contributed by atoms with E-state index in [2.05, 4.69) is 16.8 Å². The van der Waals surface area contributed by atoms with Crippen molar-refractivity contribution in [1.82, 2.24) is 9.80 Å². The Labute approximate surface area is 205 Å². The maximum absolute atomic E-state index is 12.9. The van der Waals surface area contributed by atoms with Gasteiger partial charge in [0.2, 0.25) is 0 Å². The summed E-state index contributed by atoms with van der Waals surface area (Å²) in [5, 5.41) is 10.9. The lowest BCUT2D eigenvalue weighted by atomic mass is 10.0. The third-order valence-electron chi connectivity index (χ3n) is 6.45. The fourth-order valence-corrected chi connectivity index (χ4v) is 4.53. The summed E-state index contributed by atoms with van der Waals surface area (Å²) in [5.74, 6) is 2.13. The lowest BCUT2D eigenvalue weighted by molar-refractivity contribution is 0.0501. The second-order valence-electron chi connectivity index (χ2n) is 9.19. The Morgan fingerprint density at radius 1 is 1.00 bits per heavy atom. The molecule has 0 bridgehead atoms. The number of piperazine rings is 1. The Kier molecular flexibility index (Phi) is 7.64. The van der Waals surface area contributed by atoms with Crippen molar-refractivity contribution < 1.29 is 23.7 Å². The Balaban J connectivity index is 1.54. The molecule has 35 heavy (non-hydrogen) atoms. The van der Waals surface area contributed by atoms with Crippen molar-refractivity contribution in [3.63, 3.8) is 0 Å². The van der Waals surface area contributed by atoms with Crippen molar-refractivity contribution in [2.24, 2.45) is 0 Å². The van der Waals surface area contributed by atoms with Crippen LogP contribution in [-0.2, 0) is 0 Å². The Morgan fingerprint density at radius 2 is 1.69 bits per heavy atom. The van der Waals surface area contributed by atoms with Crippen LogP contribution in [0.15, 0.2) is 39.5 Å². The Bertz CT molecular complexity index is 1220. The van der Waals surface area contributed by atoms with Crippen LogP contribution in [-0.4, -0.2) is 81.6 Å². The van der Waals surface area contributed by atoms with Crippen LogP contribution in [0.5, 0.6) is 17.2 Å². The van der Waals surface area contributed by atoms with Crippen molar-refractivity contribution in [3.05, 3.63) is 51.7 Å². The number of ether oxygens (including phenoxy) is 3. The summed E-state index contributed by atoms with van der Waals surface area (Å²) in [5.41, 5.74) is 2.77. The van der Waals surface area contributed by atoms with Crippen LogP contribution < -0.4 is 19.6 Å². The van der Waals surface area contributed by atoms with Gasteiger partial charge in [0, 0.05) is 56.5 Å². The molecule has 0 radical (unpaired) electrons. The first-order valence-corrected chi connectivity index (χ1v) is 11.8. The average Bonchev–Trinajstić information content (AvgIpc) is 2.83. The molecule has 2 heterocycles. The van der Waals surface area contributed by atoms with Gasteiger partial charge in [-0.1, -0.05) is 0 Å². The molecule has 1 unspecified atom stereocenters. The van der Waals surface area contributed by atoms with E-state index in [1.165, 1.54) is 13.2 Å². The molecular formula is C27H34N2O6. The van der Waals surface area contributed by atoms with E-state index in [1.807, 2.05) is 26.0 Å². The number of fused-ring (bicyclic) bond motifs is 1. The van der Waals surface area contributed by atoms with E-state index in [9.17, 15) is 9.90 Å². The van der Waals surface area contributed by atoms with E-state index in [0.29, 0.717) is 34.8 Å². The monoisotopic (exact) mass is 482 g/mol. The molecule has 188 valence electrons. The number of aliphatic hydroxyl groups excluding tert-OH is 1. The number of likely N-dealkylation sites (N-methyl/N-ethyl adjacent to an activating group) is 1. The molecule has 1 aliphatic heterocycles. The van der Waals surface area contributed by atoms with Crippen molar-refractivity contribution in [2.45, 2.75) is 20.0 Å². The highest BCUT2D eigenvalue weighted by Gasteiger charge is 2.19. The number of β-amino-alcohol motifs (C(OH)–C–C–N with tert-alkyl or cyclic N) is 1. The molecular weight excluding hydrogens is 448 g/mol. The molecule has 1 saturated heterocycles. The number of hydrogen-bond acceptors (Lipinski definition) is 8. The highest BCUT2D eigenvalue weighted by Crippen LogP contribution is 2.34. The minimum atomic E-state index is -0.569. The van der Waals surface area contributed by atoms with Gasteiger partial charge in [-0.25, -0.2) is 0 Å². The zero-order valence-corrected chi connectivity index (χ0v) is 21.1. The summed E-state index contributed by atoms with van der Waals surface area (Å²) in [6.07, 6.45) is -0.569. The molecule has 0 aliphatic carbocycles. The second-order valence-corrected chi connectivity index (χ2v) is 9.19. The van der Waals surface area contributed by atoms with E-state index in [-0.39, 0.29) is 12.0 Å². The molecule has 8 heteroatoms. The normalized spacial score (nSPS) is 15.8.